The molecule has 0 spiro atoms. The van der Waals surface area contributed by atoms with Crippen LogP contribution in [0.1, 0.15) is 38.7 Å². The first kappa shape index (κ1) is 35.0. The molecule has 0 unspecified atom stereocenters. The molecule has 3 N–H and O–H groups in total. The lowest BCUT2D eigenvalue weighted by atomic mass is 10.0. The van der Waals surface area contributed by atoms with Crippen molar-refractivity contribution in [3.63, 3.8) is 0 Å². The average Bonchev–Trinajstić information content (AvgIpc) is 3.33. The quantitative estimate of drug-likeness (QED) is 0.338. The van der Waals surface area contributed by atoms with Crippen LogP contribution in [0.5, 0.6) is 0 Å². The van der Waals surface area contributed by atoms with Crippen molar-refractivity contribution in [1.82, 2.24) is 15.1 Å². The molecule has 218 valence electrons. The molecule has 0 bridgehead atoms. The van der Waals surface area contributed by atoms with E-state index >= 15 is 0 Å². The topological polar surface area (TPSA) is 105 Å². The van der Waals surface area contributed by atoms with Crippen molar-refractivity contribution in [1.29, 1.82) is 0 Å². The number of likely N-dealkylation sites (tertiary alicyclic amines) is 1. The van der Waals surface area contributed by atoms with Crippen LogP contribution in [0.15, 0.2) is 42.5 Å². The molecule has 3 rings (SSSR count). The van der Waals surface area contributed by atoms with Crippen LogP contribution in [0.2, 0.25) is 0 Å². The van der Waals surface area contributed by atoms with Gasteiger partial charge in [-0.15, -0.1) is 24.8 Å². The van der Waals surface area contributed by atoms with E-state index in [0.717, 1.165) is 34.9 Å². The fourth-order valence-corrected chi connectivity index (χ4v) is 5.34. The van der Waals surface area contributed by atoms with Crippen LogP contribution in [0.4, 0.5) is 0 Å². The lowest BCUT2D eigenvalue weighted by Gasteiger charge is -2.31. The lowest BCUT2D eigenvalue weighted by Crippen LogP contribution is -2.50. The maximum atomic E-state index is 13.2. The van der Waals surface area contributed by atoms with Crippen LogP contribution < -0.4 is 11.1 Å². The standard InChI is InChI=1S/C28H40N4O4S.2ClH/c1-20(2)36-28(35)25(13-15-37-3)30-26(33)19-31(18-23-11-7-14-32(23)27(34)16-29)17-22-10-6-9-21-8-4-5-12-24(21)22;;/h4-6,8-10,12,20,23,25H,7,11,13-19,29H2,1-3H3,(H,30,33);2*1H/t23-,25-;;/m0../s1. The molecule has 0 saturated carbocycles. The van der Waals surface area contributed by atoms with Gasteiger partial charge in [0.2, 0.25) is 11.8 Å². The van der Waals surface area contributed by atoms with Gasteiger partial charge in [-0.05, 0) is 61.5 Å². The van der Waals surface area contributed by atoms with Crippen LogP contribution in [-0.2, 0) is 25.7 Å². The van der Waals surface area contributed by atoms with Crippen LogP contribution in [-0.4, -0.2) is 84.0 Å². The number of hydrogen-bond donors (Lipinski definition) is 2. The van der Waals surface area contributed by atoms with Crippen molar-refractivity contribution in [2.45, 2.75) is 57.8 Å². The molecule has 0 aromatic heterocycles. The minimum absolute atomic E-state index is 0. The highest BCUT2D eigenvalue weighted by Gasteiger charge is 2.31. The van der Waals surface area contributed by atoms with Gasteiger partial charge in [0.15, 0.2) is 0 Å². The van der Waals surface area contributed by atoms with Gasteiger partial charge < -0.3 is 20.7 Å². The summed E-state index contributed by atoms with van der Waals surface area (Å²) in [6, 6.07) is 13.7. The van der Waals surface area contributed by atoms with Crippen molar-refractivity contribution < 1.29 is 19.1 Å². The second-order valence-corrected chi connectivity index (χ2v) is 10.8. The molecule has 1 heterocycles. The fraction of sp³-hybridized carbons (Fsp3) is 0.536. The van der Waals surface area contributed by atoms with Gasteiger partial charge in [0.05, 0.1) is 19.2 Å². The summed E-state index contributed by atoms with van der Waals surface area (Å²) in [5.74, 6) is 0.0247. The van der Waals surface area contributed by atoms with E-state index in [9.17, 15) is 14.4 Å². The Kier molecular flexibility index (Phi) is 15.8. The van der Waals surface area contributed by atoms with Crippen LogP contribution in [0.3, 0.4) is 0 Å². The number of halogens is 2. The second kappa shape index (κ2) is 17.6. The number of nitrogens with one attached hydrogen (secondary N) is 1. The number of rotatable bonds is 13. The van der Waals surface area contributed by atoms with Gasteiger partial charge in [-0.1, -0.05) is 42.5 Å². The minimum Gasteiger partial charge on any atom is -0.461 e. The lowest BCUT2D eigenvalue weighted by molar-refractivity contribution is -0.151. The SMILES string of the molecule is CSCC[C@H](NC(=O)CN(Cc1cccc2ccccc12)C[C@@H]1CCCN1C(=O)CN)C(=O)OC(C)C.Cl.Cl. The molecule has 0 aliphatic carbocycles. The molecule has 2 atom stereocenters. The second-order valence-electron chi connectivity index (χ2n) is 9.78. The van der Waals surface area contributed by atoms with Gasteiger partial charge in [-0.3, -0.25) is 14.5 Å². The molecule has 39 heavy (non-hydrogen) atoms. The number of benzene rings is 2. The zero-order valence-electron chi connectivity index (χ0n) is 23.0. The third-order valence-electron chi connectivity index (χ3n) is 6.56. The molecule has 2 amide bonds. The van der Waals surface area contributed by atoms with Crippen LogP contribution in [0, 0.1) is 0 Å². The maximum Gasteiger partial charge on any atom is 0.328 e. The summed E-state index contributed by atoms with van der Waals surface area (Å²) in [5.41, 5.74) is 6.76. The summed E-state index contributed by atoms with van der Waals surface area (Å²) in [4.78, 5) is 42.2. The first-order valence-corrected chi connectivity index (χ1v) is 14.4. The van der Waals surface area contributed by atoms with E-state index < -0.39 is 12.0 Å². The number of carbonyl (C=O) groups is 3. The smallest absolute Gasteiger partial charge is 0.328 e. The molecule has 11 heteroatoms. The minimum atomic E-state index is -0.691. The Morgan fingerprint density at radius 3 is 2.56 bits per heavy atom. The summed E-state index contributed by atoms with van der Waals surface area (Å²) in [6.07, 6.45) is 4.01. The number of nitrogens with zero attached hydrogens (tertiary/aromatic N) is 2. The zero-order valence-corrected chi connectivity index (χ0v) is 25.4. The molecule has 1 aliphatic rings. The summed E-state index contributed by atoms with van der Waals surface area (Å²) < 4.78 is 5.39. The van der Waals surface area contributed by atoms with E-state index in [1.165, 1.54) is 0 Å². The van der Waals surface area contributed by atoms with Crippen molar-refractivity contribution >= 4 is 65.1 Å². The third kappa shape index (κ3) is 10.5. The number of carbonyl (C=O) groups excluding carboxylic acids is 3. The number of ether oxygens (including phenoxy) is 1. The summed E-state index contributed by atoms with van der Waals surface area (Å²) in [7, 11) is 0. The number of amides is 2. The van der Waals surface area contributed by atoms with E-state index in [1.54, 1.807) is 25.6 Å². The van der Waals surface area contributed by atoms with Gasteiger partial charge in [-0.25, -0.2) is 4.79 Å². The van der Waals surface area contributed by atoms with Gasteiger partial charge in [-0.2, -0.15) is 11.8 Å². The third-order valence-corrected chi connectivity index (χ3v) is 7.21. The van der Waals surface area contributed by atoms with Crippen LogP contribution in [0.25, 0.3) is 10.8 Å². The van der Waals surface area contributed by atoms with E-state index in [2.05, 4.69) is 34.5 Å². The Labute approximate surface area is 248 Å². The first-order valence-electron chi connectivity index (χ1n) is 13.0. The summed E-state index contributed by atoms with van der Waals surface area (Å²) in [6.45, 7) is 5.47. The highest BCUT2D eigenvalue weighted by atomic mass is 35.5. The molecule has 1 saturated heterocycles. The molecule has 8 nitrogen and oxygen atoms in total. The van der Waals surface area contributed by atoms with E-state index in [1.807, 2.05) is 29.4 Å². The summed E-state index contributed by atoms with van der Waals surface area (Å²) >= 11 is 1.62. The normalized spacial score (nSPS) is 15.5. The van der Waals surface area contributed by atoms with Gasteiger partial charge in [0.25, 0.3) is 0 Å². The number of esters is 1. The maximum absolute atomic E-state index is 13.2. The Balaban J connectivity index is 0.00000380. The highest BCUT2D eigenvalue weighted by Crippen LogP contribution is 2.23. The Morgan fingerprint density at radius 1 is 1.15 bits per heavy atom. The number of fused-ring (bicyclic) bond motifs is 1. The van der Waals surface area contributed by atoms with Crippen molar-refractivity contribution in [2.75, 3.05) is 38.2 Å². The van der Waals surface area contributed by atoms with Gasteiger partial charge >= 0.3 is 5.97 Å². The molecule has 0 radical (unpaired) electrons. The molecule has 1 aliphatic heterocycles. The summed E-state index contributed by atoms with van der Waals surface area (Å²) in [5, 5.41) is 5.18. The number of hydrogen-bond acceptors (Lipinski definition) is 7. The fourth-order valence-electron chi connectivity index (χ4n) is 4.87. The van der Waals surface area contributed by atoms with E-state index in [4.69, 9.17) is 10.5 Å². The molecule has 1 fully saturated rings. The predicted octanol–water partition coefficient (Wildman–Crippen LogP) is 3.62. The van der Waals surface area contributed by atoms with Crippen LogP contribution >= 0.6 is 36.6 Å². The van der Waals surface area contributed by atoms with Crippen molar-refractivity contribution in [3.8, 4) is 0 Å². The van der Waals surface area contributed by atoms with Gasteiger partial charge in [0.1, 0.15) is 6.04 Å². The van der Waals surface area contributed by atoms with Crippen molar-refractivity contribution in [3.05, 3.63) is 48.0 Å². The van der Waals surface area contributed by atoms with Crippen molar-refractivity contribution in [2.24, 2.45) is 5.73 Å². The Morgan fingerprint density at radius 2 is 1.87 bits per heavy atom. The van der Waals surface area contributed by atoms with E-state index in [-0.39, 0.29) is 61.9 Å². The zero-order chi connectivity index (χ0) is 26.8. The monoisotopic (exact) mass is 600 g/mol. The first-order chi connectivity index (χ1) is 17.8. The van der Waals surface area contributed by atoms with E-state index in [0.29, 0.717) is 26.1 Å². The molecular weight excluding hydrogens is 559 g/mol. The Hall–Kier alpha value is -2.04. The number of thioether (sulfide) groups is 1. The molecule has 2 aromatic rings. The average molecular weight is 602 g/mol. The molecule has 2 aromatic carbocycles. The Bertz CT molecular complexity index is 1070. The predicted molar refractivity (Wildman–Crippen MR) is 164 cm³/mol. The number of nitrogens with two attached hydrogens (primary N) is 1. The molecular formula is C28H42Cl2N4O4S. The largest absolute Gasteiger partial charge is 0.461 e. The highest BCUT2D eigenvalue weighted by molar-refractivity contribution is 7.98. The van der Waals surface area contributed by atoms with Gasteiger partial charge in [0, 0.05) is 25.7 Å².